The predicted octanol–water partition coefficient (Wildman–Crippen LogP) is 3.84. The van der Waals surface area contributed by atoms with Crippen LogP contribution < -0.4 is 9.64 Å². The van der Waals surface area contributed by atoms with Crippen LogP contribution in [-0.2, 0) is 11.0 Å². The summed E-state index contributed by atoms with van der Waals surface area (Å²) in [6, 6.07) is 19.8. The predicted molar refractivity (Wildman–Crippen MR) is 117 cm³/mol. The molecule has 0 spiro atoms. The summed E-state index contributed by atoms with van der Waals surface area (Å²) < 4.78 is 44.2. The quantitative estimate of drug-likeness (QED) is 0.567. The number of rotatable bonds is 5. The first kappa shape index (κ1) is 23.0. The van der Waals surface area contributed by atoms with Crippen molar-refractivity contribution >= 4 is 11.7 Å². The van der Waals surface area contributed by atoms with Gasteiger partial charge in [-0.1, -0.05) is 30.3 Å². The molecule has 1 saturated heterocycles. The zero-order valence-electron chi connectivity index (χ0n) is 17.9. The minimum atomic E-state index is -4.54. The Kier molecular flexibility index (Phi) is 6.63. The number of piperazine rings is 1. The lowest BCUT2D eigenvalue weighted by molar-refractivity contribution is -0.142. The highest BCUT2D eigenvalue weighted by molar-refractivity contribution is 5.83. The highest BCUT2D eigenvalue weighted by Gasteiger charge is 2.34. The van der Waals surface area contributed by atoms with Crippen LogP contribution in [0.1, 0.15) is 22.9 Å². The summed E-state index contributed by atoms with van der Waals surface area (Å²) in [5, 5.41) is 16.0. The Labute approximate surface area is 194 Å². The number of ether oxygens (including phenoxy) is 1. The summed E-state index contributed by atoms with van der Waals surface area (Å²) in [7, 11) is 0. The van der Waals surface area contributed by atoms with Gasteiger partial charge in [0.1, 0.15) is 5.75 Å². The first-order chi connectivity index (χ1) is 16.3. The number of nitrogens with zero attached hydrogens (tertiary/aromatic N) is 5. The lowest BCUT2D eigenvalue weighted by Gasteiger charge is -2.36. The van der Waals surface area contributed by atoms with Gasteiger partial charge >= 0.3 is 6.18 Å². The van der Waals surface area contributed by atoms with E-state index in [-0.39, 0.29) is 5.91 Å². The summed E-state index contributed by atoms with van der Waals surface area (Å²) in [4.78, 5) is 16.9. The van der Waals surface area contributed by atoms with Gasteiger partial charge in [-0.15, -0.1) is 10.2 Å². The number of nitriles is 1. The molecular weight excluding hydrogens is 447 g/mol. The molecule has 10 heteroatoms. The van der Waals surface area contributed by atoms with Gasteiger partial charge in [-0.25, -0.2) is 0 Å². The van der Waals surface area contributed by atoms with E-state index in [0.717, 1.165) is 6.07 Å². The standard InChI is InChI=1S/C24H20F3N5O2/c25-24(26,27)20-10-11-21(30-29-20)31-12-14-32(15-13-31)23(33)22(18-4-2-1-3-5-18)34-19-8-6-17(16-28)7-9-19/h1-11,22H,12-15H2. The van der Waals surface area contributed by atoms with E-state index in [1.54, 1.807) is 46.2 Å². The molecule has 7 nitrogen and oxygen atoms in total. The van der Waals surface area contributed by atoms with E-state index in [4.69, 9.17) is 10.00 Å². The molecule has 4 rings (SSSR count). The Morgan fingerprint density at radius 2 is 1.62 bits per heavy atom. The van der Waals surface area contributed by atoms with Crippen LogP contribution in [0.5, 0.6) is 5.75 Å². The molecule has 1 unspecified atom stereocenters. The van der Waals surface area contributed by atoms with Gasteiger partial charge in [0.05, 0.1) is 11.6 Å². The number of carbonyl (C=O) groups is 1. The van der Waals surface area contributed by atoms with Crippen LogP contribution >= 0.6 is 0 Å². The third kappa shape index (κ3) is 5.26. The van der Waals surface area contributed by atoms with E-state index < -0.39 is 18.0 Å². The maximum Gasteiger partial charge on any atom is 0.435 e. The fraction of sp³-hybridized carbons (Fsp3) is 0.250. The SMILES string of the molecule is N#Cc1ccc(OC(C(=O)N2CCN(c3ccc(C(F)(F)F)nn3)CC2)c2ccccc2)cc1. The number of anilines is 1. The van der Waals surface area contributed by atoms with Crippen molar-refractivity contribution in [3.63, 3.8) is 0 Å². The highest BCUT2D eigenvalue weighted by Crippen LogP contribution is 2.28. The smallest absolute Gasteiger partial charge is 0.435 e. The van der Waals surface area contributed by atoms with Crippen LogP contribution in [0.2, 0.25) is 0 Å². The lowest BCUT2D eigenvalue weighted by Crippen LogP contribution is -2.51. The molecule has 1 amide bonds. The molecule has 1 aliphatic rings. The second-order valence-corrected chi connectivity index (χ2v) is 7.63. The minimum Gasteiger partial charge on any atom is -0.476 e. The van der Waals surface area contributed by atoms with Crippen molar-refractivity contribution in [3.05, 3.63) is 83.6 Å². The largest absolute Gasteiger partial charge is 0.476 e. The van der Waals surface area contributed by atoms with Crippen LogP contribution in [0.3, 0.4) is 0 Å². The number of hydrogen-bond donors (Lipinski definition) is 0. The number of benzene rings is 2. The van der Waals surface area contributed by atoms with Gasteiger partial charge in [0.15, 0.2) is 11.5 Å². The van der Waals surface area contributed by atoms with Crippen molar-refractivity contribution < 1.29 is 22.7 Å². The molecule has 0 saturated carbocycles. The molecular formula is C24H20F3N5O2. The Hall–Kier alpha value is -4.13. The van der Waals surface area contributed by atoms with E-state index >= 15 is 0 Å². The highest BCUT2D eigenvalue weighted by atomic mass is 19.4. The zero-order valence-corrected chi connectivity index (χ0v) is 17.9. The normalized spacial score (nSPS) is 14.9. The Bertz CT molecular complexity index is 1150. The van der Waals surface area contributed by atoms with E-state index in [9.17, 15) is 18.0 Å². The summed E-state index contributed by atoms with van der Waals surface area (Å²) >= 11 is 0. The van der Waals surface area contributed by atoms with Crippen molar-refractivity contribution in [2.45, 2.75) is 12.3 Å². The van der Waals surface area contributed by atoms with E-state index in [0.29, 0.717) is 48.9 Å². The Balaban J connectivity index is 1.45. The van der Waals surface area contributed by atoms with Gasteiger partial charge < -0.3 is 14.5 Å². The molecule has 1 fully saturated rings. The Morgan fingerprint density at radius 1 is 0.941 bits per heavy atom. The van der Waals surface area contributed by atoms with Crippen LogP contribution in [0.4, 0.5) is 19.0 Å². The molecule has 0 aliphatic carbocycles. The van der Waals surface area contributed by atoms with Gasteiger partial charge in [-0.05, 0) is 36.4 Å². The van der Waals surface area contributed by atoms with Crippen molar-refractivity contribution in [3.8, 4) is 11.8 Å². The van der Waals surface area contributed by atoms with Crippen LogP contribution in [-0.4, -0.2) is 47.2 Å². The van der Waals surface area contributed by atoms with Crippen LogP contribution in [0.25, 0.3) is 0 Å². The number of amides is 1. The summed E-state index contributed by atoms with van der Waals surface area (Å²) in [5.74, 6) is 0.558. The third-order valence-electron chi connectivity index (χ3n) is 5.42. The third-order valence-corrected chi connectivity index (χ3v) is 5.42. The van der Waals surface area contributed by atoms with Gasteiger partial charge in [-0.2, -0.15) is 18.4 Å². The number of carbonyl (C=O) groups excluding carboxylic acids is 1. The van der Waals surface area contributed by atoms with Gasteiger partial charge in [0.25, 0.3) is 5.91 Å². The molecule has 1 aromatic heterocycles. The number of halogens is 3. The molecule has 1 atom stereocenters. The number of aromatic nitrogens is 2. The average Bonchev–Trinajstić information content (AvgIpc) is 2.87. The fourth-order valence-corrected chi connectivity index (χ4v) is 3.60. The second-order valence-electron chi connectivity index (χ2n) is 7.63. The molecule has 1 aliphatic heterocycles. The average molecular weight is 467 g/mol. The molecule has 2 aromatic carbocycles. The maximum atomic E-state index is 13.4. The number of hydrogen-bond acceptors (Lipinski definition) is 6. The number of alkyl halides is 3. The molecule has 2 heterocycles. The van der Waals surface area contributed by atoms with Gasteiger partial charge in [-0.3, -0.25) is 4.79 Å². The minimum absolute atomic E-state index is 0.228. The fourth-order valence-electron chi connectivity index (χ4n) is 3.60. The first-order valence-electron chi connectivity index (χ1n) is 10.5. The summed E-state index contributed by atoms with van der Waals surface area (Å²) in [5.41, 5.74) is 0.126. The van der Waals surface area contributed by atoms with Crippen molar-refractivity contribution in [1.29, 1.82) is 5.26 Å². The molecule has 0 N–H and O–H groups in total. The van der Waals surface area contributed by atoms with Gasteiger partial charge in [0.2, 0.25) is 6.10 Å². The van der Waals surface area contributed by atoms with Crippen molar-refractivity contribution in [1.82, 2.24) is 15.1 Å². The van der Waals surface area contributed by atoms with Crippen LogP contribution in [0, 0.1) is 11.3 Å². The topological polar surface area (TPSA) is 82.4 Å². The Morgan fingerprint density at radius 3 is 2.18 bits per heavy atom. The molecule has 3 aromatic rings. The molecule has 0 radical (unpaired) electrons. The zero-order chi connectivity index (χ0) is 24.1. The lowest BCUT2D eigenvalue weighted by atomic mass is 10.1. The maximum absolute atomic E-state index is 13.4. The van der Waals surface area contributed by atoms with Crippen molar-refractivity contribution in [2.75, 3.05) is 31.1 Å². The first-order valence-corrected chi connectivity index (χ1v) is 10.5. The second kappa shape index (κ2) is 9.79. The molecule has 0 bridgehead atoms. The van der Waals surface area contributed by atoms with Gasteiger partial charge in [0, 0.05) is 31.7 Å². The summed E-state index contributed by atoms with van der Waals surface area (Å²) in [6.07, 6.45) is -5.43. The molecule has 34 heavy (non-hydrogen) atoms. The summed E-state index contributed by atoms with van der Waals surface area (Å²) in [6.45, 7) is 1.48. The van der Waals surface area contributed by atoms with Crippen molar-refractivity contribution in [2.24, 2.45) is 0 Å². The molecule has 174 valence electrons. The van der Waals surface area contributed by atoms with E-state index in [2.05, 4.69) is 10.2 Å². The van der Waals surface area contributed by atoms with Crippen LogP contribution in [0.15, 0.2) is 66.7 Å². The van der Waals surface area contributed by atoms with E-state index in [1.807, 2.05) is 24.3 Å². The monoisotopic (exact) mass is 467 g/mol. The van der Waals surface area contributed by atoms with E-state index in [1.165, 1.54) is 6.07 Å².